The number of unbranched alkanes of at least 4 members (excludes halogenated alkanes) is 15. The van der Waals surface area contributed by atoms with Crippen LogP contribution in [0.15, 0.2) is 24.3 Å². The van der Waals surface area contributed by atoms with Crippen LogP contribution in [0, 0.1) is 0 Å². The SMILES string of the molecule is C=C(C)C(=O)OC1CCCCC1.C=C(CCCCCCCCCCCCCCCCCC)C(=O)OC. The third kappa shape index (κ3) is 21.7. The van der Waals surface area contributed by atoms with Crippen molar-refractivity contribution in [2.24, 2.45) is 0 Å². The maximum absolute atomic E-state index is 11.2. The summed E-state index contributed by atoms with van der Waals surface area (Å²) in [5.41, 5.74) is 1.11. The van der Waals surface area contributed by atoms with Crippen molar-refractivity contribution in [3.63, 3.8) is 0 Å². The first-order valence-electron chi connectivity index (χ1n) is 15.0. The predicted octanol–water partition coefficient (Wildman–Crippen LogP) is 9.81. The van der Waals surface area contributed by atoms with Gasteiger partial charge in [-0.15, -0.1) is 0 Å². The van der Waals surface area contributed by atoms with Crippen LogP contribution < -0.4 is 0 Å². The van der Waals surface area contributed by atoms with Crippen LogP contribution in [0.25, 0.3) is 0 Å². The summed E-state index contributed by atoms with van der Waals surface area (Å²) < 4.78 is 9.87. The number of methoxy groups -OCH3 is 1. The third-order valence-corrected chi connectivity index (χ3v) is 6.98. The van der Waals surface area contributed by atoms with E-state index in [2.05, 4.69) is 24.8 Å². The molecule has 1 saturated carbocycles. The second-order valence-corrected chi connectivity index (χ2v) is 10.6. The molecule has 0 saturated heterocycles. The molecule has 1 aliphatic rings. The molecule has 0 atom stereocenters. The van der Waals surface area contributed by atoms with Gasteiger partial charge in [-0.05, 0) is 45.4 Å². The van der Waals surface area contributed by atoms with Crippen molar-refractivity contribution in [1.29, 1.82) is 0 Å². The molecular formula is C32H58O4. The third-order valence-electron chi connectivity index (χ3n) is 6.98. The van der Waals surface area contributed by atoms with Crippen LogP contribution >= 0.6 is 0 Å². The van der Waals surface area contributed by atoms with E-state index in [1.54, 1.807) is 6.92 Å². The predicted molar refractivity (Wildman–Crippen MR) is 153 cm³/mol. The van der Waals surface area contributed by atoms with E-state index in [1.165, 1.54) is 123 Å². The average molecular weight is 507 g/mol. The van der Waals surface area contributed by atoms with Gasteiger partial charge >= 0.3 is 11.9 Å². The number of rotatable bonds is 20. The highest BCUT2D eigenvalue weighted by molar-refractivity contribution is 5.87. The van der Waals surface area contributed by atoms with E-state index in [0.29, 0.717) is 11.1 Å². The van der Waals surface area contributed by atoms with Gasteiger partial charge in [-0.25, -0.2) is 9.59 Å². The molecule has 0 aliphatic heterocycles. The summed E-state index contributed by atoms with van der Waals surface area (Å²) in [6.07, 6.45) is 28.5. The van der Waals surface area contributed by atoms with E-state index in [0.717, 1.165) is 25.7 Å². The minimum Gasteiger partial charge on any atom is -0.466 e. The Morgan fingerprint density at radius 2 is 1.08 bits per heavy atom. The maximum Gasteiger partial charge on any atom is 0.333 e. The fraction of sp³-hybridized carbons (Fsp3) is 0.812. The van der Waals surface area contributed by atoms with Gasteiger partial charge in [0.25, 0.3) is 0 Å². The lowest BCUT2D eigenvalue weighted by Crippen LogP contribution is -2.20. The first kappa shape index (κ1) is 34.4. The van der Waals surface area contributed by atoms with Crippen molar-refractivity contribution in [3.8, 4) is 0 Å². The quantitative estimate of drug-likeness (QED) is 0.0936. The van der Waals surface area contributed by atoms with Crippen LogP contribution in [0.3, 0.4) is 0 Å². The first-order chi connectivity index (χ1) is 17.4. The summed E-state index contributed by atoms with van der Waals surface area (Å²) in [5, 5.41) is 0. The van der Waals surface area contributed by atoms with Crippen LogP contribution in [0.2, 0.25) is 0 Å². The molecule has 1 aliphatic carbocycles. The monoisotopic (exact) mass is 506 g/mol. The summed E-state index contributed by atoms with van der Waals surface area (Å²) in [6, 6.07) is 0. The fourth-order valence-corrected chi connectivity index (χ4v) is 4.57. The van der Waals surface area contributed by atoms with Crippen molar-refractivity contribution in [2.45, 2.75) is 161 Å². The molecule has 0 unspecified atom stereocenters. The Bertz CT molecular complexity index is 575. The number of hydrogen-bond donors (Lipinski definition) is 0. The van der Waals surface area contributed by atoms with Gasteiger partial charge in [0, 0.05) is 11.1 Å². The van der Waals surface area contributed by atoms with E-state index in [9.17, 15) is 9.59 Å². The van der Waals surface area contributed by atoms with Crippen molar-refractivity contribution < 1.29 is 19.1 Å². The van der Waals surface area contributed by atoms with E-state index < -0.39 is 0 Å². The molecule has 0 amide bonds. The van der Waals surface area contributed by atoms with Crippen molar-refractivity contribution in [2.75, 3.05) is 7.11 Å². The molecule has 0 aromatic rings. The van der Waals surface area contributed by atoms with Gasteiger partial charge < -0.3 is 9.47 Å². The molecular weight excluding hydrogens is 448 g/mol. The molecule has 210 valence electrons. The van der Waals surface area contributed by atoms with Gasteiger partial charge in [-0.1, -0.05) is 123 Å². The average Bonchev–Trinajstić information content (AvgIpc) is 2.88. The molecule has 0 aromatic heterocycles. The van der Waals surface area contributed by atoms with Gasteiger partial charge in [-0.3, -0.25) is 0 Å². The fourth-order valence-electron chi connectivity index (χ4n) is 4.57. The van der Waals surface area contributed by atoms with E-state index in [1.807, 2.05) is 0 Å². The summed E-state index contributed by atoms with van der Waals surface area (Å²) in [4.78, 5) is 22.3. The van der Waals surface area contributed by atoms with Crippen molar-refractivity contribution >= 4 is 11.9 Å². The highest BCUT2D eigenvalue weighted by atomic mass is 16.5. The Hall–Kier alpha value is -1.58. The standard InChI is InChI=1S/C22H42O2.C10H16O2/c1-4-5-6-7-8-9-10-11-12-13-14-15-16-17-18-19-20-21(2)22(23)24-3;1-8(2)10(11)12-9-6-4-3-5-7-9/h2,4-20H2,1,3H3;9H,1,3-7H2,2H3. The number of ether oxygens (including phenoxy) is 2. The van der Waals surface area contributed by atoms with Gasteiger partial charge in [0.1, 0.15) is 6.10 Å². The zero-order chi connectivity index (χ0) is 26.9. The summed E-state index contributed by atoms with van der Waals surface area (Å²) >= 11 is 0. The van der Waals surface area contributed by atoms with Crippen molar-refractivity contribution in [3.05, 3.63) is 24.3 Å². The zero-order valence-electron chi connectivity index (χ0n) is 24.2. The second-order valence-electron chi connectivity index (χ2n) is 10.6. The molecule has 0 radical (unpaired) electrons. The molecule has 0 spiro atoms. The number of carbonyl (C=O) groups is 2. The van der Waals surface area contributed by atoms with Crippen LogP contribution in [0.1, 0.15) is 155 Å². The number of carbonyl (C=O) groups excluding carboxylic acids is 2. The molecule has 0 aromatic carbocycles. The number of esters is 2. The normalized spacial score (nSPS) is 13.4. The molecule has 36 heavy (non-hydrogen) atoms. The molecule has 1 fully saturated rings. The van der Waals surface area contributed by atoms with Gasteiger partial charge in [0.2, 0.25) is 0 Å². The lowest BCUT2D eigenvalue weighted by Gasteiger charge is -2.21. The summed E-state index contributed by atoms with van der Waals surface area (Å²) in [7, 11) is 1.42. The van der Waals surface area contributed by atoms with E-state index >= 15 is 0 Å². The largest absolute Gasteiger partial charge is 0.466 e. The van der Waals surface area contributed by atoms with Crippen molar-refractivity contribution in [1.82, 2.24) is 0 Å². The molecule has 0 N–H and O–H groups in total. The lowest BCUT2D eigenvalue weighted by molar-refractivity contribution is -0.145. The Morgan fingerprint density at radius 3 is 1.47 bits per heavy atom. The Labute approximate surface area is 223 Å². The van der Waals surface area contributed by atoms with Gasteiger partial charge in [0.15, 0.2) is 0 Å². The lowest BCUT2D eigenvalue weighted by atomic mass is 9.98. The van der Waals surface area contributed by atoms with E-state index in [-0.39, 0.29) is 18.0 Å². The van der Waals surface area contributed by atoms with Crippen LogP contribution in [0.4, 0.5) is 0 Å². The van der Waals surface area contributed by atoms with Gasteiger partial charge in [-0.2, -0.15) is 0 Å². The van der Waals surface area contributed by atoms with E-state index in [4.69, 9.17) is 4.74 Å². The highest BCUT2D eigenvalue weighted by Gasteiger charge is 2.17. The van der Waals surface area contributed by atoms with Crippen LogP contribution in [0.5, 0.6) is 0 Å². The molecule has 4 nitrogen and oxygen atoms in total. The number of hydrogen-bond acceptors (Lipinski definition) is 4. The minimum atomic E-state index is -0.254. The topological polar surface area (TPSA) is 52.6 Å². The maximum atomic E-state index is 11.2. The van der Waals surface area contributed by atoms with Crippen LogP contribution in [-0.4, -0.2) is 25.2 Å². The van der Waals surface area contributed by atoms with Gasteiger partial charge in [0.05, 0.1) is 7.11 Å². The summed E-state index contributed by atoms with van der Waals surface area (Å²) in [5.74, 6) is -0.488. The Balaban J connectivity index is 0.000000846. The molecule has 1 rings (SSSR count). The Morgan fingerprint density at radius 1 is 0.667 bits per heavy atom. The second kappa shape index (κ2) is 25.1. The highest BCUT2D eigenvalue weighted by Crippen LogP contribution is 2.21. The molecule has 0 heterocycles. The molecule has 0 bridgehead atoms. The van der Waals surface area contributed by atoms with Crippen LogP contribution in [-0.2, 0) is 19.1 Å². The minimum absolute atomic E-state index is 0.156. The smallest absolute Gasteiger partial charge is 0.333 e. The first-order valence-corrected chi connectivity index (χ1v) is 15.0. The zero-order valence-corrected chi connectivity index (χ0v) is 24.2. The summed E-state index contributed by atoms with van der Waals surface area (Å²) in [6.45, 7) is 11.3. The Kier molecular flexibility index (Phi) is 24.0. The molecule has 4 heteroatoms.